The molecule has 1 fully saturated rings. The summed E-state index contributed by atoms with van der Waals surface area (Å²) in [6.07, 6.45) is 2.42. The fourth-order valence-electron chi connectivity index (χ4n) is 2.59. The van der Waals surface area contributed by atoms with Gasteiger partial charge >= 0.3 is 0 Å². The molecule has 2 rings (SSSR count). The average Bonchev–Trinajstić information content (AvgIpc) is 2.94. The Balaban J connectivity index is 1.99. The number of hydrogen-bond donors (Lipinski definition) is 1. The molecule has 0 spiro atoms. The highest BCUT2D eigenvalue weighted by atomic mass is 35.5. The third kappa shape index (κ3) is 4.42. The van der Waals surface area contributed by atoms with Crippen LogP contribution in [0.4, 0.5) is 4.39 Å². The first-order chi connectivity index (χ1) is 9.70. The molecule has 3 nitrogen and oxygen atoms in total. The molecule has 1 heterocycles. The van der Waals surface area contributed by atoms with E-state index in [1.54, 1.807) is 13.2 Å². The predicted molar refractivity (Wildman–Crippen MR) is 79.6 cm³/mol. The van der Waals surface area contributed by atoms with Crippen molar-refractivity contribution in [3.8, 4) is 0 Å². The minimum absolute atomic E-state index is 0.231. The topological polar surface area (TPSA) is 24.5 Å². The van der Waals surface area contributed by atoms with Crippen molar-refractivity contribution < 1.29 is 9.13 Å². The van der Waals surface area contributed by atoms with Gasteiger partial charge < -0.3 is 10.1 Å². The van der Waals surface area contributed by atoms with Crippen molar-refractivity contribution in [2.45, 2.75) is 25.4 Å². The van der Waals surface area contributed by atoms with E-state index < -0.39 is 0 Å². The summed E-state index contributed by atoms with van der Waals surface area (Å²) in [5.41, 5.74) is 0.834. The van der Waals surface area contributed by atoms with Gasteiger partial charge in [-0.15, -0.1) is 0 Å². The lowest BCUT2D eigenvalue weighted by atomic mass is 10.1. The van der Waals surface area contributed by atoms with Crippen LogP contribution in [0.15, 0.2) is 18.2 Å². The number of nitrogens with zero attached hydrogens (tertiary/aromatic N) is 1. The van der Waals surface area contributed by atoms with E-state index in [1.807, 2.05) is 6.07 Å². The summed E-state index contributed by atoms with van der Waals surface area (Å²) in [6, 6.07) is 5.50. The molecule has 0 aromatic heterocycles. The summed E-state index contributed by atoms with van der Waals surface area (Å²) in [4.78, 5) is 2.27. The van der Waals surface area contributed by atoms with Gasteiger partial charge in [0, 0.05) is 32.8 Å². The number of benzene rings is 1. The second-order valence-electron chi connectivity index (χ2n) is 5.23. The van der Waals surface area contributed by atoms with E-state index in [9.17, 15) is 4.39 Å². The largest absolute Gasteiger partial charge is 0.383 e. The summed E-state index contributed by atoms with van der Waals surface area (Å²) in [7, 11) is 1.70. The van der Waals surface area contributed by atoms with Crippen LogP contribution in [-0.2, 0) is 11.3 Å². The smallest absolute Gasteiger partial charge is 0.142 e. The molecule has 0 bridgehead atoms. The van der Waals surface area contributed by atoms with Crippen molar-refractivity contribution in [2.75, 3.05) is 33.4 Å². The Kier molecular flexibility index (Phi) is 6.23. The van der Waals surface area contributed by atoms with Gasteiger partial charge in [0.1, 0.15) is 5.82 Å². The van der Waals surface area contributed by atoms with Crippen LogP contribution < -0.4 is 5.32 Å². The zero-order valence-electron chi connectivity index (χ0n) is 11.9. The highest BCUT2D eigenvalue weighted by molar-refractivity contribution is 6.31. The summed E-state index contributed by atoms with van der Waals surface area (Å²) < 4.78 is 18.7. The Bertz CT molecular complexity index is 424. The third-order valence-electron chi connectivity index (χ3n) is 3.68. The Hall–Kier alpha value is -0.680. The summed E-state index contributed by atoms with van der Waals surface area (Å²) >= 11 is 6.04. The molecule has 5 heteroatoms. The van der Waals surface area contributed by atoms with Crippen molar-refractivity contribution in [3.05, 3.63) is 34.6 Å². The maximum absolute atomic E-state index is 13.5. The molecule has 1 N–H and O–H groups in total. The minimum Gasteiger partial charge on any atom is -0.383 e. The van der Waals surface area contributed by atoms with Crippen LogP contribution in [0.5, 0.6) is 0 Å². The van der Waals surface area contributed by atoms with Gasteiger partial charge in [-0.3, -0.25) is 4.90 Å². The molecule has 0 saturated carbocycles. The Morgan fingerprint density at radius 2 is 2.35 bits per heavy atom. The number of hydrogen-bond acceptors (Lipinski definition) is 3. The molecule has 1 aliphatic heterocycles. The molecule has 0 aliphatic carbocycles. The van der Waals surface area contributed by atoms with Crippen LogP contribution in [0, 0.1) is 5.82 Å². The molecular formula is C15H22ClFN2O. The van der Waals surface area contributed by atoms with Gasteiger partial charge in [0.25, 0.3) is 0 Å². The van der Waals surface area contributed by atoms with E-state index in [4.69, 9.17) is 16.3 Å². The lowest BCUT2D eigenvalue weighted by Gasteiger charge is -2.26. The van der Waals surface area contributed by atoms with Gasteiger partial charge in [0.2, 0.25) is 0 Å². The molecule has 1 aromatic rings. The van der Waals surface area contributed by atoms with Crippen molar-refractivity contribution in [1.29, 1.82) is 0 Å². The first kappa shape index (κ1) is 15.7. The van der Waals surface area contributed by atoms with Crippen LogP contribution in [0.2, 0.25) is 5.02 Å². The monoisotopic (exact) mass is 300 g/mol. The third-order valence-corrected chi connectivity index (χ3v) is 4.10. The van der Waals surface area contributed by atoms with Crippen LogP contribution in [-0.4, -0.2) is 44.3 Å². The van der Waals surface area contributed by atoms with Gasteiger partial charge in [-0.05, 0) is 31.0 Å². The van der Waals surface area contributed by atoms with Gasteiger partial charge in [-0.1, -0.05) is 23.7 Å². The second kappa shape index (κ2) is 7.93. The van der Waals surface area contributed by atoms with Gasteiger partial charge in [-0.25, -0.2) is 4.39 Å². The summed E-state index contributed by atoms with van der Waals surface area (Å²) in [5.74, 6) is -0.352. The van der Waals surface area contributed by atoms with E-state index >= 15 is 0 Å². The molecule has 1 saturated heterocycles. The molecular weight excluding hydrogens is 279 g/mol. The molecule has 0 amide bonds. The summed E-state index contributed by atoms with van der Waals surface area (Å²) in [5, 5.41) is 3.72. The van der Waals surface area contributed by atoms with E-state index in [-0.39, 0.29) is 10.8 Å². The maximum Gasteiger partial charge on any atom is 0.142 e. The maximum atomic E-state index is 13.5. The van der Waals surface area contributed by atoms with E-state index in [0.717, 1.165) is 25.2 Å². The highest BCUT2D eigenvalue weighted by Gasteiger charge is 2.19. The number of methoxy groups -OCH3 is 1. The highest BCUT2D eigenvalue weighted by Crippen LogP contribution is 2.21. The molecule has 0 radical (unpaired) electrons. The van der Waals surface area contributed by atoms with Crippen LogP contribution in [0.25, 0.3) is 0 Å². The Morgan fingerprint density at radius 1 is 1.50 bits per heavy atom. The number of rotatable bonds is 7. The van der Waals surface area contributed by atoms with E-state index in [2.05, 4.69) is 10.2 Å². The molecule has 1 aliphatic rings. The number of ether oxygens (including phenoxy) is 1. The van der Waals surface area contributed by atoms with Crippen molar-refractivity contribution >= 4 is 11.6 Å². The van der Waals surface area contributed by atoms with Crippen LogP contribution in [0.3, 0.4) is 0 Å². The minimum atomic E-state index is -0.352. The Morgan fingerprint density at radius 3 is 3.05 bits per heavy atom. The van der Waals surface area contributed by atoms with Crippen molar-refractivity contribution in [2.24, 2.45) is 0 Å². The first-order valence-electron chi connectivity index (χ1n) is 7.08. The number of halogens is 2. The zero-order valence-corrected chi connectivity index (χ0v) is 12.6. The lowest BCUT2D eigenvalue weighted by molar-refractivity contribution is 0.138. The van der Waals surface area contributed by atoms with Crippen LogP contribution in [0.1, 0.15) is 18.4 Å². The molecule has 1 unspecified atom stereocenters. The van der Waals surface area contributed by atoms with E-state index in [1.165, 1.54) is 18.9 Å². The van der Waals surface area contributed by atoms with Crippen molar-refractivity contribution in [1.82, 2.24) is 10.2 Å². The SMILES string of the molecule is COCCN(Cc1cccc(F)c1Cl)CC1CCCN1. The predicted octanol–water partition coefficient (Wildman–Crippen LogP) is 2.68. The summed E-state index contributed by atoms with van der Waals surface area (Å²) in [6.45, 7) is 4.17. The standard InChI is InChI=1S/C15H22ClFN2O/c1-20-9-8-19(11-13-5-3-7-18-13)10-12-4-2-6-14(17)15(12)16/h2,4,6,13,18H,3,5,7-11H2,1H3. The van der Waals surface area contributed by atoms with Gasteiger partial charge in [-0.2, -0.15) is 0 Å². The normalized spacial score (nSPS) is 18.9. The number of nitrogens with one attached hydrogen (secondary N) is 1. The molecule has 112 valence electrons. The molecule has 20 heavy (non-hydrogen) atoms. The second-order valence-corrected chi connectivity index (χ2v) is 5.61. The zero-order chi connectivity index (χ0) is 14.4. The molecule has 1 aromatic carbocycles. The average molecular weight is 301 g/mol. The fraction of sp³-hybridized carbons (Fsp3) is 0.600. The van der Waals surface area contributed by atoms with Gasteiger partial charge in [0.05, 0.1) is 11.6 Å². The molecule has 1 atom stereocenters. The van der Waals surface area contributed by atoms with Gasteiger partial charge in [0.15, 0.2) is 0 Å². The first-order valence-corrected chi connectivity index (χ1v) is 7.46. The quantitative estimate of drug-likeness (QED) is 0.838. The Labute approximate surface area is 125 Å². The van der Waals surface area contributed by atoms with E-state index in [0.29, 0.717) is 19.2 Å². The van der Waals surface area contributed by atoms with Crippen molar-refractivity contribution in [3.63, 3.8) is 0 Å². The van der Waals surface area contributed by atoms with Crippen LogP contribution >= 0.6 is 11.6 Å². The fourth-order valence-corrected chi connectivity index (χ4v) is 2.78. The lowest BCUT2D eigenvalue weighted by Crippen LogP contribution is -2.38.